The van der Waals surface area contributed by atoms with Gasteiger partial charge in [0.2, 0.25) is 0 Å². The summed E-state index contributed by atoms with van der Waals surface area (Å²) in [5, 5.41) is 11.9. The van der Waals surface area contributed by atoms with E-state index in [2.05, 4.69) is 23.3 Å². The van der Waals surface area contributed by atoms with Crippen LogP contribution >= 0.6 is 11.3 Å². The second kappa shape index (κ2) is 5.19. The summed E-state index contributed by atoms with van der Waals surface area (Å²) < 4.78 is 0. The first-order valence-corrected chi connectivity index (χ1v) is 7.90. The van der Waals surface area contributed by atoms with Crippen LogP contribution in [-0.2, 0) is 13.0 Å². The maximum Gasteiger partial charge on any atom is 0.135 e. The normalized spacial score (nSPS) is 18.2. The van der Waals surface area contributed by atoms with E-state index in [1.54, 1.807) is 0 Å². The van der Waals surface area contributed by atoms with E-state index in [4.69, 9.17) is 4.98 Å². The molecule has 3 rings (SSSR count). The van der Waals surface area contributed by atoms with E-state index in [1.807, 2.05) is 31.3 Å². The van der Waals surface area contributed by atoms with Gasteiger partial charge in [-0.2, -0.15) is 0 Å². The van der Waals surface area contributed by atoms with Gasteiger partial charge in [-0.15, -0.1) is 11.3 Å². The molecule has 106 valence electrons. The van der Waals surface area contributed by atoms with Crippen molar-refractivity contribution in [1.29, 1.82) is 0 Å². The molecule has 0 amide bonds. The zero-order chi connectivity index (χ0) is 14.3. The van der Waals surface area contributed by atoms with Crippen LogP contribution in [0.5, 0.6) is 0 Å². The van der Waals surface area contributed by atoms with Gasteiger partial charge in [0.15, 0.2) is 0 Å². The van der Waals surface area contributed by atoms with Crippen LogP contribution in [0, 0.1) is 13.8 Å². The molecule has 0 fully saturated rings. The Balaban J connectivity index is 2.06. The van der Waals surface area contributed by atoms with Gasteiger partial charge in [-0.05, 0) is 55.8 Å². The summed E-state index contributed by atoms with van der Waals surface area (Å²) in [5.41, 5.74) is 4.50. The molecule has 2 aromatic heterocycles. The third-order valence-corrected chi connectivity index (χ3v) is 5.16. The van der Waals surface area contributed by atoms with Gasteiger partial charge >= 0.3 is 0 Å². The number of hydrogen-bond donors (Lipinski definition) is 1. The zero-order valence-electron chi connectivity index (χ0n) is 12.2. The van der Waals surface area contributed by atoms with Crippen LogP contribution < -0.4 is 4.90 Å². The van der Waals surface area contributed by atoms with Crippen LogP contribution in [0.4, 0.5) is 5.82 Å². The number of rotatable bonds is 2. The van der Waals surface area contributed by atoms with Crippen molar-refractivity contribution in [3.63, 3.8) is 0 Å². The Labute approximate surface area is 123 Å². The molecule has 0 aliphatic carbocycles. The first-order chi connectivity index (χ1) is 9.61. The number of aryl methyl sites for hydroxylation is 2. The van der Waals surface area contributed by atoms with E-state index >= 15 is 0 Å². The largest absolute Gasteiger partial charge is 0.392 e. The maximum absolute atomic E-state index is 9.70. The molecule has 3 nitrogen and oxygen atoms in total. The molecule has 0 saturated heterocycles. The molecule has 20 heavy (non-hydrogen) atoms. The average molecular weight is 288 g/mol. The third-order valence-electron chi connectivity index (χ3n) is 4.16. The third kappa shape index (κ3) is 2.13. The summed E-state index contributed by atoms with van der Waals surface area (Å²) >= 11 is 1.85. The molecule has 3 heterocycles. The average Bonchev–Trinajstić information content (AvgIpc) is 2.87. The van der Waals surface area contributed by atoms with Gasteiger partial charge in [-0.25, -0.2) is 4.98 Å². The van der Waals surface area contributed by atoms with Gasteiger partial charge in [-0.3, -0.25) is 0 Å². The van der Waals surface area contributed by atoms with Gasteiger partial charge in [0.05, 0.1) is 12.6 Å². The van der Waals surface area contributed by atoms with Crippen LogP contribution in [0.3, 0.4) is 0 Å². The van der Waals surface area contributed by atoms with E-state index in [-0.39, 0.29) is 6.61 Å². The number of anilines is 1. The molecule has 0 saturated carbocycles. The number of nitrogens with zero attached hydrogens (tertiary/aromatic N) is 2. The Hall–Kier alpha value is -1.39. The molecule has 0 spiro atoms. The number of aliphatic hydroxyl groups excluding tert-OH is 1. The van der Waals surface area contributed by atoms with Gasteiger partial charge in [0.1, 0.15) is 5.82 Å². The quantitative estimate of drug-likeness (QED) is 0.920. The van der Waals surface area contributed by atoms with E-state index in [1.165, 1.54) is 10.4 Å². The maximum atomic E-state index is 9.70. The second-order valence-electron chi connectivity index (χ2n) is 5.46. The fourth-order valence-electron chi connectivity index (χ4n) is 3.08. The van der Waals surface area contributed by atoms with E-state index in [0.29, 0.717) is 6.04 Å². The highest BCUT2D eigenvalue weighted by atomic mass is 32.1. The highest BCUT2D eigenvalue weighted by Gasteiger charge is 2.27. The fourth-order valence-corrected chi connectivity index (χ4v) is 4.04. The number of hydrogen-bond acceptors (Lipinski definition) is 4. The summed E-state index contributed by atoms with van der Waals surface area (Å²) in [7, 11) is 0. The minimum atomic E-state index is 0.0498. The molecule has 0 bridgehead atoms. The molecule has 1 aliphatic rings. The van der Waals surface area contributed by atoms with Crippen molar-refractivity contribution in [2.45, 2.75) is 39.8 Å². The van der Waals surface area contributed by atoms with Crippen molar-refractivity contribution in [1.82, 2.24) is 4.98 Å². The molecule has 1 atom stereocenters. The Kier molecular flexibility index (Phi) is 3.52. The molecule has 0 aromatic carbocycles. The van der Waals surface area contributed by atoms with Gasteiger partial charge in [0.25, 0.3) is 0 Å². The lowest BCUT2D eigenvalue weighted by molar-refractivity contribution is 0.280. The van der Waals surface area contributed by atoms with Crippen molar-refractivity contribution >= 4 is 17.2 Å². The van der Waals surface area contributed by atoms with Gasteiger partial charge in [0, 0.05) is 22.7 Å². The zero-order valence-corrected chi connectivity index (χ0v) is 13.0. The number of fused-ring (bicyclic) bond motifs is 1. The molecule has 2 aromatic rings. The molecule has 4 heteroatoms. The Morgan fingerprint density at radius 3 is 3.00 bits per heavy atom. The molecule has 1 aliphatic heterocycles. The molecule has 0 radical (unpaired) electrons. The lowest BCUT2D eigenvalue weighted by atomic mass is 10.00. The minimum Gasteiger partial charge on any atom is -0.392 e. The van der Waals surface area contributed by atoms with Crippen molar-refractivity contribution in [2.75, 3.05) is 11.4 Å². The van der Waals surface area contributed by atoms with Crippen LogP contribution in [0.2, 0.25) is 0 Å². The summed E-state index contributed by atoms with van der Waals surface area (Å²) in [6.07, 6.45) is 1.07. The van der Waals surface area contributed by atoms with Gasteiger partial charge in [-0.1, -0.05) is 0 Å². The van der Waals surface area contributed by atoms with E-state index in [0.717, 1.165) is 35.6 Å². The standard InChI is InChI=1S/C16H20N2OS/c1-10-8-11(2)17-16(14(10)9-19)18-6-4-15-13(12(18)3)5-7-20-15/h5,7-8,12,19H,4,6,9H2,1-3H3. The Morgan fingerprint density at radius 1 is 1.45 bits per heavy atom. The predicted octanol–water partition coefficient (Wildman–Crippen LogP) is 3.38. The van der Waals surface area contributed by atoms with Crippen LogP contribution in [0.1, 0.15) is 40.2 Å². The van der Waals surface area contributed by atoms with Crippen molar-refractivity contribution in [3.8, 4) is 0 Å². The molecule has 1 N–H and O–H groups in total. The highest BCUT2D eigenvalue weighted by Crippen LogP contribution is 2.37. The SMILES string of the molecule is Cc1cc(C)c(CO)c(N2CCc3sccc3C2C)n1. The van der Waals surface area contributed by atoms with Crippen LogP contribution in [0.25, 0.3) is 0 Å². The van der Waals surface area contributed by atoms with Crippen molar-refractivity contribution < 1.29 is 5.11 Å². The minimum absolute atomic E-state index is 0.0498. The lowest BCUT2D eigenvalue weighted by Crippen LogP contribution is -2.34. The number of pyridine rings is 1. The summed E-state index contributed by atoms with van der Waals surface area (Å²) in [6, 6.07) is 4.58. The second-order valence-corrected chi connectivity index (χ2v) is 6.46. The number of aromatic nitrogens is 1. The highest BCUT2D eigenvalue weighted by molar-refractivity contribution is 7.10. The van der Waals surface area contributed by atoms with Crippen molar-refractivity contribution in [3.05, 3.63) is 44.8 Å². The summed E-state index contributed by atoms with van der Waals surface area (Å²) in [5.74, 6) is 0.953. The molecular formula is C16H20N2OS. The summed E-state index contributed by atoms with van der Waals surface area (Å²) in [4.78, 5) is 8.53. The van der Waals surface area contributed by atoms with Crippen LogP contribution in [-0.4, -0.2) is 16.6 Å². The number of thiophene rings is 1. The molecule has 1 unspecified atom stereocenters. The first kappa shape index (κ1) is 13.6. The molecular weight excluding hydrogens is 268 g/mol. The van der Waals surface area contributed by atoms with E-state index < -0.39 is 0 Å². The predicted molar refractivity (Wildman–Crippen MR) is 83.4 cm³/mol. The first-order valence-electron chi connectivity index (χ1n) is 7.02. The van der Waals surface area contributed by atoms with Crippen molar-refractivity contribution in [2.24, 2.45) is 0 Å². The monoisotopic (exact) mass is 288 g/mol. The fraction of sp³-hybridized carbons (Fsp3) is 0.438. The summed E-state index contributed by atoms with van der Waals surface area (Å²) in [6.45, 7) is 7.31. The van der Waals surface area contributed by atoms with E-state index in [9.17, 15) is 5.11 Å². The van der Waals surface area contributed by atoms with Gasteiger partial charge < -0.3 is 10.0 Å². The number of aliphatic hydroxyl groups is 1. The lowest BCUT2D eigenvalue weighted by Gasteiger charge is -2.36. The smallest absolute Gasteiger partial charge is 0.135 e. The Bertz CT molecular complexity index is 635. The topological polar surface area (TPSA) is 36.4 Å². The Morgan fingerprint density at radius 2 is 2.25 bits per heavy atom. The van der Waals surface area contributed by atoms with Crippen LogP contribution in [0.15, 0.2) is 17.5 Å².